The van der Waals surface area contributed by atoms with Crippen molar-refractivity contribution in [2.45, 2.75) is 39.5 Å². The zero-order valence-corrected chi connectivity index (χ0v) is 19.1. The number of rotatable bonds is 7. The molecular formula is C24H28N4O2S. The van der Waals surface area contributed by atoms with Crippen molar-refractivity contribution in [1.29, 1.82) is 0 Å². The fraction of sp³-hybridized carbons (Fsp3) is 0.375. The largest absolute Gasteiger partial charge is 0.496 e. The summed E-state index contributed by atoms with van der Waals surface area (Å²) in [6, 6.07) is 12.0. The summed E-state index contributed by atoms with van der Waals surface area (Å²) in [5, 5.41) is 0.532. The number of methoxy groups -OCH3 is 1. The molecule has 0 amide bonds. The highest BCUT2D eigenvalue weighted by atomic mass is 32.1. The van der Waals surface area contributed by atoms with Gasteiger partial charge in [0.1, 0.15) is 11.5 Å². The number of ether oxygens (including phenoxy) is 2. The van der Waals surface area contributed by atoms with Gasteiger partial charge in [0.15, 0.2) is 5.82 Å². The monoisotopic (exact) mass is 436 g/mol. The van der Waals surface area contributed by atoms with Crippen LogP contribution in [0.2, 0.25) is 0 Å². The topological polar surface area (TPSA) is 59.8 Å². The minimum absolute atomic E-state index is 0.532. The second kappa shape index (κ2) is 9.92. The molecular weight excluding hydrogens is 408 g/mol. The maximum Gasteiger partial charge on any atom is 0.298 e. The minimum Gasteiger partial charge on any atom is -0.496 e. The highest BCUT2D eigenvalue weighted by Gasteiger charge is 2.13. The van der Waals surface area contributed by atoms with E-state index in [4.69, 9.17) is 14.5 Å². The molecule has 1 fully saturated rings. The van der Waals surface area contributed by atoms with Crippen molar-refractivity contribution < 1.29 is 9.47 Å². The van der Waals surface area contributed by atoms with Gasteiger partial charge in [-0.3, -0.25) is 0 Å². The zero-order chi connectivity index (χ0) is 21.6. The molecule has 0 bridgehead atoms. The summed E-state index contributed by atoms with van der Waals surface area (Å²) >= 11 is 1.26. The van der Waals surface area contributed by atoms with Crippen LogP contribution in [0.3, 0.4) is 0 Å². The first-order valence-corrected chi connectivity index (χ1v) is 11.4. The van der Waals surface area contributed by atoms with Crippen LogP contribution in [0.4, 0.5) is 5.69 Å². The molecule has 0 radical (unpaired) electrons. The molecule has 1 saturated heterocycles. The van der Waals surface area contributed by atoms with E-state index in [9.17, 15) is 0 Å². The van der Waals surface area contributed by atoms with E-state index in [2.05, 4.69) is 27.2 Å². The summed E-state index contributed by atoms with van der Waals surface area (Å²) in [6.45, 7) is 6.25. The summed E-state index contributed by atoms with van der Waals surface area (Å²) in [5.41, 5.74) is 4.08. The highest BCUT2D eigenvalue weighted by Crippen LogP contribution is 2.34. The molecule has 1 aliphatic heterocycles. The second-order valence-electron chi connectivity index (χ2n) is 7.82. The first kappa shape index (κ1) is 21.3. The number of piperidine rings is 1. The first-order valence-electron chi connectivity index (χ1n) is 10.6. The molecule has 2 aromatic carbocycles. The number of aryl methyl sites for hydroxylation is 1. The van der Waals surface area contributed by atoms with E-state index in [0.29, 0.717) is 11.6 Å². The molecule has 0 saturated carbocycles. The molecule has 2 heterocycles. The normalized spacial score (nSPS) is 14.2. The van der Waals surface area contributed by atoms with E-state index in [0.717, 1.165) is 52.8 Å². The van der Waals surface area contributed by atoms with Crippen LogP contribution in [0, 0.1) is 13.8 Å². The lowest BCUT2D eigenvalue weighted by atomic mass is 10.1. The average molecular weight is 437 g/mol. The Labute approximate surface area is 187 Å². The maximum absolute atomic E-state index is 6.12. The smallest absolute Gasteiger partial charge is 0.298 e. The number of aromatic nitrogens is 2. The molecule has 31 heavy (non-hydrogen) atoms. The number of aliphatic imine (C=N–C) groups is 1. The summed E-state index contributed by atoms with van der Waals surface area (Å²) in [7, 11) is 1.67. The van der Waals surface area contributed by atoms with E-state index in [1.807, 2.05) is 43.6 Å². The minimum atomic E-state index is 0.532. The number of hydrogen-bond donors (Lipinski definition) is 0. The maximum atomic E-state index is 6.12. The van der Waals surface area contributed by atoms with Gasteiger partial charge in [-0.1, -0.05) is 18.2 Å². The highest BCUT2D eigenvalue weighted by molar-refractivity contribution is 7.07. The fourth-order valence-electron chi connectivity index (χ4n) is 3.69. The molecule has 0 N–H and O–H groups in total. The van der Waals surface area contributed by atoms with Crippen molar-refractivity contribution >= 4 is 23.6 Å². The molecule has 1 aromatic heterocycles. The molecule has 0 unspecified atom stereocenters. The summed E-state index contributed by atoms with van der Waals surface area (Å²) in [6.07, 6.45) is 6.36. The van der Waals surface area contributed by atoms with Crippen LogP contribution in [0.5, 0.6) is 16.7 Å². The van der Waals surface area contributed by atoms with E-state index in [-0.39, 0.29) is 0 Å². The van der Waals surface area contributed by atoms with Gasteiger partial charge in [-0.25, -0.2) is 4.99 Å². The average Bonchev–Trinajstić information content (AvgIpc) is 3.23. The molecule has 162 valence electrons. The number of nitrogens with zero attached hydrogens (tertiary/aromatic N) is 4. The van der Waals surface area contributed by atoms with Crippen molar-refractivity contribution in [3.05, 3.63) is 58.9 Å². The number of benzene rings is 2. The first-order chi connectivity index (χ1) is 15.1. The van der Waals surface area contributed by atoms with E-state index in [1.165, 1.54) is 30.8 Å². The van der Waals surface area contributed by atoms with Gasteiger partial charge >= 0.3 is 0 Å². The summed E-state index contributed by atoms with van der Waals surface area (Å²) < 4.78 is 16.0. The molecule has 3 aromatic rings. The van der Waals surface area contributed by atoms with Crippen molar-refractivity contribution in [3.8, 4) is 16.7 Å². The number of likely N-dealkylation sites (tertiary alicyclic amines) is 1. The third-order valence-electron chi connectivity index (χ3n) is 5.42. The van der Waals surface area contributed by atoms with Crippen molar-refractivity contribution in [2.24, 2.45) is 4.99 Å². The van der Waals surface area contributed by atoms with Gasteiger partial charge in [-0.2, -0.15) is 9.36 Å². The molecule has 6 nitrogen and oxygen atoms in total. The molecule has 0 atom stereocenters. The van der Waals surface area contributed by atoms with Gasteiger partial charge in [-0.15, -0.1) is 0 Å². The van der Waals surface area contributed by atoms with Crippen LogP contribution in [-0.2, 0) is 6.42 Å². The van der Waals surface area contributed by atoms with Crippen LogP contribution in [-0.4, -0.2) is 40.8 Å². The third-order valence-corrected chi connectivity index (χ3v) is 6.05. The van der Waals surface area contributed by atoms with Gasteiger partial charge in [0.25, 0.3) is 5.19 Å². The predicted molar refractivity (Wildman–Crippen MR) is 125 cm³/mol. The number of para-hydroxylation sites is 1. The molecule has 1 aliphatic rings. The van der Waals surface area contributed by atoms with Gasteiger partial charge in [0.2, 0.25) is 0 Å². The Bertz CT molecular complexity index is 1060. The lowest BCUT2D eigenvalue weighted by Gasteiger charge is -2.24. The van der Waals surface area contributed by atoms with E-state index in [1.54, 1.807) is 7.11 Å². The van der Waals surface area contributed by atoms with Gasteiger partial charge in [-0.05, 0) is 56.9 Å². The SMILES string of the molecule is COc1ccccc1Cc1nsc(Oc2cc(C)cc(N=CN3CCCCC3)c2C)n1. The van der Waals surface area contributed by atoms with Gasteiger partial charge in [0, 0.05) is 42.2 Å². The van der Waals surface area contributed by atoms with Crippen LogP contribution in [0.25, 0.3) is 0 Å². The quantitative estimate of drug-likeness (QED) is 0.352. The van der Waals surface area contributed by atoms with Crippen molar-refractivity contribution in [1.82, 2.24) is 14.3 Å². The molecule has 4 rings (SSSR count). The van der Waals surface area contributed by atoms with Crippen LogP contribution in [0.1, 0.15) is 41.8 Å². The van der Waals surface area contributed by atoms with Gasteiger partial charge < -0.3 is 14.4 Å². The Morgan fingerprint density at radius 1 is 1.10 bits per heavy atom. The molecule has 0 aliphatic carbocycles. The lowest BCUT2D eigenvalue weighted by molar-refractivity contribution is 0.351. The van der Waals surface area contributed by atoms with E-state index < -0.39 is 0 Å². The van der Waals surface area contributed by atoms with Crippen LogP contribution < -0.4 is 9.47 Å². The predicted octanol–water partition coefficient (Wildman–Crippen LogP) is 5.69. The van der Waals surface area contributed by atoms with E-state index >= 15 is 0 Å². The van der Waals surface area contributed by atoms with Gasteiger partial charge in [0.05, 0.1) is 19.1 Å². The Kier molecular flexibility index (Phi) is 6.82. The zero-order valence-electron chi connectivity index (χ0n) is 18.3. The standard InChI is InChI=1S/C24H28N4O2S/c1-17-13-20(25-16-28-11-7-4-8-12-28)18(2)22(14-17)30-24-26-23(27-31-24)15-19-9-5-6-10-21(19)29-3/h5-6,9-10,13-14,16H,4,7-8,11-12,15H2,1-3H3. The Hall–Kier alpha value is -2.93. The lowest BCUT2D eigenvalue weighted by Crippen LogP contribution is -2.28. The summed E-state index contributed by atoms with van der Waals surface area (Å²) in [4.78, 5) is 11.6. The van der Waals surface area contributed by atoms with Crippen molar-refractivity contribution in [3.63, 3.8) is 0 Å². The van der Waals surface area contributed by atoms with Crippen molar-refractivity contribution in [2.75, 3.05) is 20.2 Å². The Balaban J connectivity index is 1.49. The fourth-order valence-corrected chi connectivity index (χ4v) is 4.25. The van der Waals surface area contributed by atoms with Crippen LogP contribution >= 0.6 is 11.5 Å². The second-order valence-corrected chi connectivity index (χ2v) is 8.53. The third kappa shape index (κ3) is 5.41. The molecule has 0 spiro atoms. The molecule has 7 heteroatoms. The van der Waals surface area contributed by atoms with Crippen LogP contribution in [0.15, 0.2) is 41.4 Å². The Morgan fingerprint density at radius 2 is 1.90 bits per heavy atom. The summed E-state index contributed by atoms with van der Waals surface area (Å²) in [5.74, 6) is 2.33. The number of hydrogen-bond acceptors (Lipinski definition) is 6. The Morgan fingerprint density at radius 3 is 2.71 bits per heavy atom.